The molecule has 24 heavy (non-hydrogen) atoms. The third kappa shape index (κ3) is 3.08. The number of carbonyl (C=O) groups is 1. The largest absolute Gasteiger partial charge is 0.454 e. The van der Waals surface area contributed by atoms with Crippen LogP contribution in [0.3, 0.4) is 0 Å². The molecule has 0 fully saturated rings. The number of anilines is 1. The van der Waals surface area contributed by atoms with Crippen LogP contribution in [-0.2, 0) is 11.2 Å². The van der Waals surface area contributed by atoms with E-state index in [1.165, 1.54) is 11.3 Å². The van der Waals surface area contributed by atoms with Crippen molar-refractivity contribution in [1.82, 2.24) is 0 Å². The molecule has 124 valence electrons. The molecule has 0 unspecified atom stereocenters. The Balaban J connectivity index is 1.87. The van der Waals surface area contributed by atoms with Crippen LogP contribution in [0.2, 0.25) is 0 Å². The van der Waals surface area contributed by atoms with Crippen LogP contribution in [0.1, 0.15) is 35.4 Å². The van der Waals surface area contributed by atoms with E-state index in [0.717, 1.165) is 27.5 Å². The van der Waals surface area contributed by atoms with Gasteiger partial charge in [0.25, 0.3) is 0 Å². The predicted octanol–water partition coefficient (Wildman–Crippen LogP) is 3.84. The van der Waals surface area contributed by atoms with Crippen molar-refractivity contribution in [1.29, 1.82) is 5.26 Å². The zero-order valence-electron chi connectivity index (χ0n) is 13.8. The monoisotopic (exact) mass is 342 g/mol. The number of fused-ring (bicyclic) bond motifs is 1. The molecule has 0 bridgehead atoms. The molecule has 0 saturated heterocycles. The number of nitrogens with one attached hydrogen (secondary N) is 1. The summed E-state index contributed by atoms with van der Waals surface area (Å²) in [5.41, 5.74) is 2.54. The van der Waals surface area contributed by atoms with Crippen molar-refractivity contribution in [3.63, 3.8) is 0 Å². The molecular weight excluding hydrogens is 324 g/mol. The number of carbonyl (C=O) groups excluding carboxylic acids is 1. The van der Waals surface area contributed by atoms with Gasteiger partial charge in [0.15, 0.2) is 11.5 Å². The van der Waals surface area contributed by atoms with Crippen LogP contribution in [0.25, 0.3) is 0 Å². The summed E-state index contributed by atoms with van der Waals surface area (Å²) in [5, 5.41) is 12.9. The highest BCUT2D eigenvalue weighted by Gasteiger charge is 2.19. The second kappa shape index (κ2) is 6.54. The van der Waals surface area contributed by atoms with Crippen molar-refractivity contribution in [2.75, 3.05) is 12.1 Å². The first-order valence-electron chi connectivity index (χ1n) is 7.71. The number of amides is 1. The Morgan fingerprint density at radius 2 is 2.12 bits per heavy atom. The maximum absolute atomic E-state index is 11.9. The van der Waals surface area contributed by atoms with E-state index in [1.807, 2.05) is 39.0 Å². The minimum absolute atomic E-state index is 0.0811. The van der Waals surface area contributed by atoms with Crippen molar-refractivity contribution in [3.8, 4) is 17.6 Å². The number of benzene rings is 1. The van der Waals surface area contributed by atoms with Crippen LogP contribution in [-0.4, -0.2) is 12.7 Å². The van der Waals surface area contributed by atoms with E-state index in [1.54, 1.807) is 0 Å². The van der Waals surface area contributed by atoms with Gasteiger partial charge in [-0.25, -0.2) is 0 Å². The second-order valence-corrected chi connectivity index (χ2v) is 7.08. The van der Waals surface area contributed by atoms with Gasteiger partial charge in [0.2, 0.25) is 12.7 Å². The molecule has 1 aromatic carbocycles. The van der Waals surface area contributed by atoms with Crippen molar-refractivity contribution in [2.24, 2.45) is 5.92 Å². The average Bonchev–Trinajstić information content (AvgIpc) is 3.12. The predicted molar refractivity (Wildman–Crippen MR) is 92.6 cm³/mol. The van der Waals surface area contributed by atoms with Crippen molar-refractivity contribution < 1.29 is 14.3 Å². The van der Waals surface area contributed by atoms with E-state index < -0.39 is 0 Å². The lowest BCUT2D eigenvalue weighted by Gasteiger charge is -2.05. The number of rotatable bonds is 4. The molecule has 3 rings (SSSR count). The molecule has 1 aliphatic rings. The van der Waals surface area contributed by atoms with Gasteiger partial charge in [0, 0.05) is 17.2 Å². The lowest BCUT2D eigenvalue weighted by molar-refractivity contribution is -0.118. The Morgan fingerprint density at radius 1 is 1.38 bits per heavy atom. The summed E-state index contributed by atoms with van der Waals surface area (Å²) in [6, 6.07) is 8.05. The summed E-state index contributed by atoms with van der Waals surface area (Å²) in [7, 11) is 0. The Labute approximate surface area is 144 Å². The molecule has 5 nitrogen and oxygen atoms in total. The molecule has 1 aromatic heterocycles. The van der Waals surface area contributed by atoms with Gasteiger partial charge in [-0.15, -0.1) is 11.3 Å². The fourth-order valence-corrected chi connectivity index (χ4v) is 3.64. The van der Waals surface area contributed by atoms with E-state index in [4.69, 9.17) is 9.47 Å². The van der Waals surface area contributed by atoms with E-state index in [0.29, 0.717) is 17.0 Å². The van der Waals surface area contributed by atoms with Crippen LogP contribution >= 0.6 is 11.3 Å². The first kappa shape index (κ1) is 16.3. The summed E-state index contributed by atoms with van der Waals surface area (Å²) >= 11 is 1.46. The zero-order chi connectivity index (χ0) is 17.3. The third-order valence-corrected chi connectivity index (χ3v) is 5.13. The molecule has 1 aliphatic heterocycles. The average molecular weight is 342 g/mol. The molecule has 1 N–H and O–H groups in total. The minimum atomic E-state index is -0.128. The smallest absolute Gasteiger partial charge is 0.231 e. The molecule has 0 spiro atoms. The van der Waals surface area contributed by atoms with Crippen LogP contribution < -0.4 is 14.8 Å². The standard InChI is InChI=1S/C18H18N2O3S/c1-10(2)17(21)20-18-13(8-19)11(3)16(24-18)7-12-4-5-14-15(6-12)23-9-22-14/h4-6,10H,7,9H2,1-3H3,(H,20,21). The topological polar surface area (TPSA) is 71.3 Å². The highest BCUT2D eigenvalue weighted by molar-refractivity contribution is 7.16. The molecular formula is C18H18N2O3S. The molecule has 0 saturated carbocycles. The Bertz CT molecular complexity index is 834. The van der Waals surface area contributed by atoms with Gasteiger partial charge >= 0.3 is 0 Å². The van der Waals surface area contributed by atoms with Crippen LogP contribution in [0.4, 0.5) is 5.00 Å². The minimum Gasteiger partial charge on any atom is -0.454 e. The molecule has 2 aromatic rings. The Hall–Kier alpha value is -2.52. The van der Waals surface area contributed by atoms with E-state index in [9.17, 15) is 10.1 Å². The highest BCUT2D eigenvalue weighted by Crippen LogP contribution is 2.37. The van der Waals surface area contributed by atoms with Gasteiger partial charge in [0.1, 0.15) is 11.1 Å². The zero-order valence-corrected chi connectivity index (χ0v) is 14.6. The maximum Gasteiger partial charge on any atom is 0.231 e. The first-order valence-corrected chi connectivity index (χ1v) is 8.53. The number of ether oxygens (including phenoxy) is 2. The highest BCUT2D eigenvalue weighted by atomic mass is 32.1. The summed E-state index contributed by atoms with van der Waals surface area (Å²) in [6.07, 6.45) is 0.680. The molecule has 6 heteroatoms. The molecule has 2 heterocycles. The summed E-state index contributed by atoms with van der Waals surface area (Å²) < 4.78 is 10.7. The van der Waals surface area contributed by atoms with Gasteiger partial charge in [-0.2, -0.15) is 5.26 Å². The van der Waals surface area contributed by atoms with Gasteiger partial charge in [-0.3, -0.25) is 4.79 Å². The van der Waals surface area contributed by atoms with Gasteiger partial charge in [-0.05, 0) is 30.2 Å². The van der Waals surface area contributed by atoms with Crippen LogP contribution in [0, 0.1) is 24.2 Å². The Kier molecular flexibility index (Phi) is 4.45. The molecule has 0 radical (unpaired) electrons. The lowest BCUT2D eigenvalue weighted by Crippen LogP contribution is -2.17. The van der Waals surface area contributed by atoms with Crippen molar-refractivity contribution >= 4 is 22.2 Å². The van der Waals surface area contributed by atoms with Crippen molar-refractivity contribution in [2.45, 2.75) is 27.2 Å². The number of hydrogen-bond donors (Lipinski definition) is 1. The number of thiophene rings is 1. The summed E-state index contributed by atoms with van der Waals surface area (Å²) in [5.74, 6) is 1.29. The Morgan fingerprint density at radius 3 is 2.83 bits per heavy atom. The number of nitriles is 1. The normalized spacial score (nSPS) is 12.3. The van der Waals surface area contributed by atoms with E-state index >= 15 is 0 Å². The first-order chi connectivity index (χ1) is 11.5. The van der Waals surface area contributed by atoms with E-state index in [2.05, 4.69) is 11.4 Å². The lowest BCUT2D eigenvalue weighted by atomic mass is 10.1. The second-order valence-electron chi connectivity index (χ2n) is 5.97. The van der Waals surface area contributed by atoms with Crippen LogP contribution in [0.15, 0.2) is 18.2 Å². The summed E-state index contributed by atoms with van der Waals surface area (Å²) in [4.78, 5) is 13.0. The number of nitrogens with zero attached hydrogens (tertiary/aromatic N) is 1. The fourth-order valence-electron chi connectivity index (χ4n) is 2.44. The van der Waals surface area contributed by atoms with Gasteiger partial charge in [-0.1, -0.05) is 19.9 Å². The SMILES string of the molecule is Cc1c(Cc2ccc3c(c2)OCO3)sc(NC(=O)C(C)C)c1C#N. The number of hydrogen-bond acceptors (Lipinski definition) is 5. The van der Waals surface area contributed by atoms with Gasteiger partial charge in [0.05, 0.1) is 5.56 Å². The fraction of sp³-hybridized carbons (Fsp3) is 0.333. The quantitative estimate of drug-likeness (QED) is 0.916. The van der Waals surface area contributed by atoms with Crippen LogP contribution in [0.5, 0.6) is 11.5 Å². The third-order valence-electron chi connectivity index (χ3n) is 3.92. The van der Waals surface area contributed by atoms with E-state index in [-0.39, 0.29) is 18.6 Å². The maximum atomic E-state index is 11.9. The molecule has 0 aliphatic carbocycles. The molecule has 0 atom stereocenters. The van der Waals surface area contributed by atoms with Crippen molar-refractivity contribution in [3.05, 3.63) is 39.8 Å². The van der Waals surface area contributed by atoms with Gasteiger partial charge < -0.3 is 14.8 Å². The molecule has 1 amide bonds. The summed E-state index contributed by atoms with van der Waals surface area (Å²) in [6.45, 7) is 5.83.